The van der Waals surface area contributed by atoms with Crippen LogP contribution in [-0.4, -0.2) is 11.0 Å². The SMILES string of the molecule is Cc1nc(-c2ccccc2)c(NC(N)=O)c2ccccc12. The van der Waals surface area contributed by atoms with E-state index in [1.165, 1.54) is 0 Å². The first-order chi connectivity index (χ1) is 10.2. The Hall–Kier alpha value is -2.88. The highest BCUT2D eigenvalue weighted by Gasteiger charge is 2.14. The summed E-state index contributed by atoms with van der Waals surface area (Å²) in [5.74, 6) is 0. The smallest absolute Gasteiger partial charge is 0.316 e. The number of primary amides is 1. The maximum Gasteiger partial charge on any atom is 0.316 e. The molecular weight excluding hydrogens is 262 g/mol. The predicted octanol–water partition coefficient (Wildman–Crippen LogP) is 3.70. The molecule has 2 aromatic carbocycles. The van der Waals surface area contributed by atoms with E-state index in [2.05, 4.69) is 10.3 Å². The van der Waals surface area contributed by atoms with Crippen molar-refractivity contribution < 1.29 is 4.79 Å². The lowest BCUT2D eigenvalue weighted by molar-refractivity contribution is 0.259. The largest absolute Gasteiger partial charge is 0.351 e. The molecule has 0 atom stereocenters. The van der Waals surface area contributed by atoms with Crippen LogP contribution in [0.2, 0.25) is 0 Å². The Bertz CT molecular complexity index is 813. The summed E-state index contributed by atoms with van der Waals surface area (Å²) in [5, 5.41) is 4.65. The Labute approximate surface area is 122 Å². The maximum absolute atomic E-state index is 11.4. The number of hydrogen-bond donors (Lipinski definition) is 2. The molecule has 1 heterocycles. The predicted molar refractivity (Wildman–Crippen MR) is 85.1 cm³/mol. The van der Waals surface area contributed by atoms with Crippen LogP contribution < -0.4 is 11.1 Å². The fourth-order valence-corrected chi connectivity index (χ4v) is 2.48. The lowest BCUT2D eigenvalue weighted by atomic mass is 10.0. The summed E-state index contributed by atoms with van der Waals surface area (Å²) < 4.78 is 0. The zero-order valence-corrected chi connectivity index (χ0v) is 11.6. The molecule has 0 bridgehead atoms. The third-order valence-corrected chi connectivity index (χ3v) is 3.40. The molecule has 0 radical (unpaired) electrons. The number of urea groups is 1. The van der Waals surface area contributed by atoms with E-state index in [-0.39, 0.29) is 0 Å². The van der Waals surface area contributed by atoms with Gasteiger partial charge in [0.25, 0.3) is 0 Å². The number of nitrogens with zero attached hydrogens (tertiary/aromatic N) is 1. The maximum atomic E-state index is 11.4. The van der Waals surface area contributed by atoms with Gasteiger partial charge in [-0.05, 0) is 6.92 Å². The molecule has 4 nitrogen and oxygen atoms in total. The summed E-state index contributed by atoms with van der Waals surface area (Å²) in [6, 6.07) is 17.0. The molecule has 4 heteroatoms. The van der Waals surface area contributed by atoms with E-state index in [1.54, 1.807) is 0 Å². The second-order valence-electron chi connectivity index (χ2n) is 4.82. The van der Waals surface area contributed by atoms with Gasteiger partial charge >= 0.3 is 6.03 Å². The molecule has 0 aliphatic carbocycles. The van der Waals surface area contributed by atoms with E-state index in [1.807, 2.05) is 61.5 Å². The van der Waals surface area contributed by atoms with Crippen LogP contribution in [0.3, 0.4) is 0 Å². The normalized spacial score (nSPS) is 10.5. The van der Waals surface area contributed by atoms with E-state index < -0.39 is 6.03 Å². The highest BCUT2D eigenvalue weighted by molar-refractivity contribution is 6.06. The van der Waals surface area contributed by atoms with Crippen molar-refractivity contribution in [1.29, 1.82) is 0 Å². The van der Waals surface area contributed by atoms with Gasteiger partial charge in [0.2, 0.25) is 0 Å². The van der Waals surface area contributed by atoms with E-state index in [4.69, 9.17) is 5.73 Å². The van der Waals surface area contributed by atoms with Crippen LogP contribution in [0.4, 0.5) is 10.5 Å². The number of aryl methyl sites for hydroxylation is 1. The van der Waals surface area contributed by atoms with Crippen molar-refractivity contribution in [2.45, 2.75) is 6.92 Å². The van der Waals surface area contributed by atoms with Crippen LogP contribution in [0.15, 0.2) is 54.6 Å². The first kappa shape index (κ1) is 13.1. The number of amides is 2. The number of carbonyl (C=O) groups excluding carboxylic acids is 1. The van der Waals surface area contributed by atoms with Crippen LogP contribution in [-0.2, 0) is 0 Å². The first-order valence-electron chi connectivity index (χ1n) is 6.68. The van der Waals surface area contributed by atoms with E-state index in [0.29, 0.717) is 5.69 Å². The molecule has 3 rings (SSSR count). The van der Waals surface area contributed by atoms with Gasteiger partial charge in [-0.1, -0.05) is 54.6 Å². The highest BCUT2D eigenvalue weighted by atomic mass is 16.2. The second-order valence-corrected chi connectivity index (χ2v) is 4.82. The lowest BCUT2D eigenvalue weighted by Crippen LogP contribution is -2.20. The number of hydrogen-bond acceptors (Lipinski definition) is 2. The Morgan fingerprint density at radius 1 is 1.00 bits per heavy atom. The Morgan fingerprint density at radius 2 is 1.62 bits per heavy atom. The van der Waals surface area contributed by atoms with Gasteiger partial charge in [0.05, 0.1) is 11.4 Å². The van der Waals surface area contributed by atoms with Crippen molar-refractivity contribution in [3.63, 3.8) is 0 Å². The number of carbonyl (C=O) groups is 1. The minimum atomic E-state index is -0.594. The fourth-order valence-electron chi connectivity index (χ4n) is 2.48. The average Bonchev–Trinajstić information content (AvgIpc) is 2.50. The van der Waals surface area contributed by atoms with Crippen molar-refractivity contribution in [2.24, 2.45) is 5.73 Å². The van der Waals surface area contributed by atoms with Crippen LogP contribution in [0.1, 0.15) is 5.69 Å². The molecule has 21 heavy (non-hydrogen) atoms. The monoisotopic (exact) mass is 277 g/mol. The van der Waals surface area contributed by atoms with Crippen LogP contribution in [0.25, 0.3) is 22.0 Å². The molecule has 0 fully saturated rings. The quantitative estimate of drug-likeness (QED) is 0.750. The standard InChI is InChI=1S/C17H15N3O/c1-11-13-9-5-6-10-14(13)16(20-17(18)21)15(19-11)12-7-3-2-4-8-12/h2-10H,1H3,(H3,18,20,21). The Kier molecular flexibility index (Phi) is 3.28. The van der Waals surface area contributed by atoms with Gasteiger partial charge in [0, 0.05) is 22.0 Å². The van der Waals surface area contributed by atoms with Crippen molar-refractivity contribution in [1.82, 2.24) is 4.98 Å². The molecule has 3 aromatic rings. The number of fused-ring (bicyclic) bond motifs is 1. The van der Waals surface area contributed by atoms with Gasteiger partial charge in [-0.3, -0.25) is 4.98 Å². The number of rotatable bonds is 2. The summed E-state index contributed by atoms with van der Waals surface area (Å²) in [5.41, 5.74) is 8.55. The first-order valence-corrected chi connectivity index (χ1v) is 6.68. The third-order valence-electron chi connectivity index (χ3n) is 3.40. The zero-order chi connectivity index (χ0) is 14.8. The molecule has 0 spiro atoms. The number of nitrogens with one attached hydrogen (secondary N) is 1. The minimum Gasteiger partial charge on any atom is -0.351 e. The van der Waals surface area contributed by atoms with E-state index >= 15 is 0 Å². The fraction of sp³-hybridized carbons (Fsp3) is 0.0588. The lowest BCUT2D eigenvalue weighted by Gasteiger charge is -2.14. The van der Waals surface area contributed by atoms with Gasteiger partial charge < -0.3 is 11.1 Å². The molecule has 0 aliphatic heterocycles. The summed E-state index contributed by atoms with van der Waals surface area (Å²) in [7, 11) is 0. The molecule has 3 N–H and O–H groups in total. The molecule has 2 amide bonds. The minimum absolute atomic E-state index is 0.594. The van der Waals surface area contributed by atoms with Gasteiger partial charge in [0.1, 0.15) is 0 Å². The summed E-state index contributed by atoms with van der Waals surface area (Å²) >= 11 is 0. The summed E-state index contributed by atoms with van der Waals surface area (Å²) in [6.07, 6.45) is 0. The Morgan fingerprint density at radius 3 is 2.29 bits per heavy atom. The van der Waals surface area contributed by atoms with Crippen molar-refractivity contribution >= 4 is 22.5 Å². The molecule has 0 unspecified atom stereocenters. The second kappa shape index (κ2) is 5.25. The average molecular weight is 277 g/mol. The molecule has 104 valence electrons. The number of benzene rings is 2. The summed E-state index contributed by atoms with van der Waals surface area (Å²) in [6.45, 7) is 1.96. The van der Waals surface area contributed by atoms with Crippen molar-refractivity contribution in [2.75, 3.05) is 5.32 Å². The topological polar surface area (TPSA) is 68.0 Å². The van der Waals surface area contributed by atoms with Crippen LogP contribution in [0, 0.1) is 6.92 Å². The van der Waals surface area contributed by atoms with Crippen LogP contribution >= 0.6 is 0 Å². The third kappa shape index (κ3) is 2.43. The summed E-state index contributed by atoms with van der Waals surface area (Å²) in [4.78, 5) is 16.0. The van der Waals surface area contributed by atoms with Crippen molar-refractivity contribution in [3.8, 4) is 11.3 Å². The van der Waals surface area contributed by atoms with Gasteiger partial charge in [-0.2, -0.15) is 0 Å². The van der Waals surface area contributed by atoms with E-state index in [0.717, 1.165) is 27.7 Å². The van der Waals surface area contributed by atoms with Crippen LogP contribution in [0.5, 0.6) is 0 Å². The zero-order valence-electron chi connectivity index (χ0n) is 11.6. The number of aromatic nitrogens is 1. The molecule has 1 aromatic heterocycles. The van der Waals surface area contributed by atoms with Gasteiger partial charge in [0.15, 0.2) is 0 Å². The number of anilines is 1. The molecule has 0 saturated carbocycles. The van der Waals surface area contributed by atoms with Gasteiger partial charge in [-0.15, -0.1) is 0 Å². The van der Waals surface area contributed by atoms with E-state index in [9.17, 15) is 4.79 Å². The molecular formula is C17H15N3O. The highest BCUT2D eigenvalue weighted by Crippen LogP contribution is 2.34. The molecule has 0 saturated heterocycles. The van der Waals surface area contributed by atoms with Gasteiger partial charge in [-0.25, -0.2) is 4.79 Å². The molecule has 0 aliphatic rings. The number of pyridine rings is 1. The number of nitrogens with two attached hydrogens (primary N) is 1. The van der Waals surface area contributed by atoms with Crippen molar-refractivity contribution in [3.05, 3.63) is 60.3 Å². The Balaban J connectivity index is 2.35.